The van der Waals surface area contributed by atoms with Gasteiger partial charge in [-0.05, 0) is 31.9 Å². The van der Waals surface area contributed by atoms with Crippen LogP contribution in [0.5, 0.6) is 5.88 Å². The Morgan fingerprint density at radius 2 is 2.11 bits per heavy atom. The second-order valence-corrected chi connectivity index (χ2v) is 7.28. The zero-order valence-electron chi connectivity index (χ0n) is 16.6. The first-order valence-corrected chi connectivity index (χ1v) is 9.36. The van der Waals surface area contributed by atoms with E-state index in [1.165, 1.54) is 0 Å². The molecule has 8 heteroatoms. The van der Waals surface area contributed by atoms with Crippen LogP contribution in [0.15, 0.2) is 30.9 Å². The molecule has 0 spiro atoms. The average Bonchev–Trinajstić information content (AvgIpc) is 3.38. The summed E-state index contributed by atoms with van der Waals surface area (Å²) in [5.41, 5.74) is 3.28. The first-order valence-electron chi connectivity index (χ1n) is 9.36. The van der Waals surface area contributed by atoms with Crippen molar-refractivity contribution in [2.75, 3.05) is 7.11 Å². The standard InChI is InChI=1S/C20H24N6O2/c1-13(2)26-12-17-15(20(26)27)9-16(19(23-17)28-4)18-21-6-8-25(18)7-5-14-10-22-24(3)11-14/h6,8-11,13H,5,7,12H2,1-4H3. The summed E-state index contributed by atoms with van der Waals surface area (Å²) >= 11 is 0. The summed E-state index contributed by atoms with van der Waals surface area (Å²) in [7, 11) is 3.50. The number of methoxy groups -OCH3 is 1. The van der Waals surface area contributed by atoms with Crippen LogP contribution in [-0.2, 0) is 26.6 Å². The number of pyridine rings is 1. The number of carbonyl (C=O) groups is 1. The smallest absolute Gasteiger partial charge is 0.256 e. The molecule has 3 aromatic rings. The summed E-state index contributed by atoms with van der Waals surface area (Å²) in [4.78, 5) is 23.7. The third-order valence-electron chi connectivity index (χ3n) is 5.05. The largest absolute Gasteiger partial charge is 0.480 e. The highest BCUT2D eigenvalue weighted by Gasteiger charge is 2.32. The maximum atomic E-state index is 12.8. The highest BCUT2D eigenvalue weighted by atomic mass is 16.5. The third-order valence-corrected chi connectivity index (χ3v) is 5.05. The van der Waals surface area contributed by atoms with Crippen molar-refractivity contribution in [2.24, 2.45) is 7.05 Å². The molecule has 0 saturated heterocycles. The van der Waals surface area contributed by atoms with Crippen molar-refractivity contribution in [1.29, 1.82) is 0 Å². The van der Waals surface area contributed by atoms with Crippen molar-refractivity contribution in [2.45, 2.75) is 39.4 Å². The number of ether oxygens (including phenoxy) is 1. The van der Waals surface area contributed by atoms with E-state index in [4.69, 9.17) is 4.74 Å². The number of imidazole rings is 1. The Morgan fingerprint density at radius 1 is 1.29 bits per heavy atom. The Hall–Kier alpha value is -3.16. The van der Waals surface area contributed by atoms with Gasteiger partial charge in [-0.1, -0.05) is 0 Å². The summed E-state index contributed by atoms with van der Waals surface area (Å²) < 4.78 is 9.39. The number of amides is 1. The van der Waals surface area contributed by atoms with Gasteiger partial charge in [0.05, 0.1) is 36.7 Å². The SMILES string of the molecule is COc1nc2c(cc1-c1nccn1CCc1cnn(C)c1)C(=O)N(C(C)C)C2. The fourth-order valence-electron chi connectivity index (χ4n) is 3.54. The summed E-state index contributed by atoms with van der Waals surface area (Å²) in [6.07, 6.45) is 8.40. The number of nitrogens with zero attached hydrogens (tertiary/aromatic N) is 6. The van der Waals surface area contributed by atoms with Gasteiger partial charge in [-0.15, -0.1) is 0 Å². The Kier molecular flexibility index (Phi) is 4.62. The molecular formula is C20H24N6O2. The van der Waals surface area contributed by atoms with Gasteiger partial charge in [0.2, 0.25) is 5.88 Å². The number of aromatic nitrogens is 5. The molecule has 0 saturated carbocycles. The number of fused-ring (bicyclic) bond motifs is 1. The molecule has 0 aromatic carbocycles. The van der Waals surface area contributed by atoms with Gasteiger partial charge < -0.3 is 14.2 Å². The van der Waals surface area contributed by atoms with E-state index >= 15 is 0 Å². The molecule has 0 atom stereocenters. The minimum Gasteiger partial charge on any atom is -0.480 e. The van der Waals surface area contributed by atoms with Crippen LogP contribution in [0.3, 0.4) is 0 Å². The van der Waals surface area contributed by atoms with E-state index in [0.29, 0.717) is 18.0 Å². The van der Waals surface area contributed by atoms with E-state index < -0.39 is 0 Å². The van der Waals surface area contributed by atoms with Crippen LogP contribution >= 0.6 is 0 Å². The molecule has 8 nitrogen and oxygen atoms in total. The summed E-state index contributed by atoms with van der Waals surface area (Å²) in [5, 5.41) is 4.21. The quantitative estimate of drug-likeness (QED) is 0.656. The normalized spacial score (nSPS) is 13.5. The predicted molar refractivity (Wildman–Crippen MR) is 104 cm³/mol. The highest BCUT2D eigenvalue weighted by Crippen LogP contribution is 2.33. The second kappa shape index (κ2) is 7.10. The lowest BCUT2D eigenvalue weighted by molar-refractivity contribution is 0.0730. The molecule has 28 heavy (non-hydrogen) atoms. The van der Waals surface area contributed by atoms with Gasteiger partial charge in [-0.3, -0.25) is 9.48 Å². The maximum Gasteiger partial charge on any atom is 0.256 e. The maximum absolute atomic E-state index is 12.8. The molecule has 1 aliphatic heterocycles. The molecule has 0 radical (unpaired) electrons. The Balaban J connectivity index is 1.67. The molecule has 0 fully saturated rings. The molecule has 0 aliphatic carbocycles. The second-order valence-electron chi connectivity index (χ2n) is 7.28. The fourth-order valence-corrected chi connectivity index (χ4v) is 3.54. The van der Waals surface area contributed by atoms with E-state index in [2.05, 4.69) is 19.6 Å². The van der Waals surface area contributed by atoms with Gasteiger partial charge in [-0.2, -0.15) is 5.10 Å². The number of carbonyl (C=O) groups excluding carboxylic acids is 1. The minimum absolute atomic E-state index is 0.00914. The van der Waals surface area contributed by atoms with Crippen LogP contribution < -0.4 is 4.74 Å². The van der Waals surface area contributed by atoms with Gasteiger partial charge >= 0.3 is 0 Å². The lowest BCUT2D eigenvalue weighted by Crippen LogP contribution is -2.30. The Labute approximate surface area is 163 Å². The van der Waals surface area contributed by atoms with E-state index in [-0.39, 0.29) is 11.9 Å². The van der Waals surface area contributed by atoms with Gasteiger partial charge in [0, 0.05) is 38.2 Å². The topological polar surface area (TPSA) is 78.1 Å². The van der Waals surface area contributed by atoms with Crippen molar-refractivity contribution < 1.29 is 9.53 Å². The molecule has 0 N–H and O–H groups in total. The Bertz CT molecular complexity index is 1020. The summed E-state index contributed by atoms with van der Waals surface area (Å²) in [6, 6.07) is 1.99. The number of hydrogen-bond acceptors (Lipinski definition) is 5. The molecule has 0 bridgehead atoms. The van der Waals surface area contributed by atoms with E-state index in [1.807, 2.05) is 50.5 Å². The van der Waals surface area contributed by atoms with Crippen molar-refractivity contribution >= 4 is 5.91 Å². The van der Waals surface area contributed by atoms with E-state index in [0.717, 1.165) is 35.6 Å². The minimum atomic E-state index is 0.00914. The lowest BCUT2D eigenvalue weighted by Gasteiger charge is -2.19. The Morgan fingerprint density at radius 3 is 2.79 bits per heavy atom. The molecule has 3 aromatic heterocycles. The van der Waals surface area contributed by atoms with Crippen molar-refractivity contribution in [3.63, 3.8) is 0 Å². The van der Waals surface area contributed by atoms with E-state index in [9.17, 15) is 4.79 Å². The summed E-state index contributed by atoms with van der Waals surface area (Å²) in [5.74, 6) is 1.24. The monoisotopic (exact) mass is 380 g/mol. The number of hydrogen-bond donors (Lipinski definition) is 0. The van der Waals surface area contributed by atoms with Crippen LogP contribution in [0.1, 0.15) is 35.5 Å². The lowest BCUT2D eigenvalue weighted by atomic mass is 10.1. The predicted octanol–water partition coefficient (Wildman–Crippen LogP) is 2.29. The fraction of sp³-hybridized carbons (Fsp3) is 0.400. The van der Waals surface area contributed by atoms with E-state index in [1.54, 1.807) is 18.0 Å². The molecule has 4 heterocycles. The molecule has 1 aliphatic rings. The molecular weight excluding hydrogens is 356 g/mol. The van der Waals surface area contributed by atoms with Crippen LogP contribution in [0, 0.1) is 0 Å². The van der Waals surface area contributed by atoms with Crippen molar-refractivity contribution in [3.05, 3.63) is 47.7 Å². The van der Waals surface area contributed by atoms with Gasteiger partial charge in [-0.25, -0.2) is 9.97 Å². The van der Waals surface area contributed by atoms with Gasteiger partial charge in [0.25, 0.3) is 5.91 Å². The zero-order chi connectivity index (χ0) is 19.8. The van der Waals surface area contributed by atoms with Gasteiger partial charge in [0.1, 0.15) is 5.82 Å². The first kappa shape index (κ1) is 18.2. The first-order chi connectivity index (χ1) is 13.5. The highest BCUT2D eigenvalue weighted by molar-refractivity contribution is 5.99. The average molecular weight is 380 g/mol. The number of rotatable bonds is 6. The van der Waals surface area contributed by atoms with Crippen LogP contribution in [0.4, 0.5) is 0 Å². The van der Waals surface area contributed by atoms with Crippen LogP contribution in [-0.4, -0.2) is 48.3 Å². The van der Waals surface area contributed by atoms with Crippen LogP contribution in [0.2, 0.25) is 0 Å². The molecule has 4 rings (SSSR count). The van der Waals surface area contributed by atoms with Gasteiger partial charge in [0.15, 0.2) is 0 Å². The molecule has 146 valence electrons. The zero-order valence-corrected chi connectivity index (χ0v) is 16.6. The van der Waals surface area contributed by atoms with Crippen LogP contribution in [0.25, 0.3) is 11.4 Å². The van der Waals surface area contributed by atoms with Crippen molar-refractivity contribution in [3.8, 4) is 17.3 Å². The van der Waals surface area contributed by atoms with Crippen molar-refractivity contribution in [1.82, 2.24) is 29.2 Å². The molecule has 0 unspecified atom stereocenters. The summed E-state index contributed by atoms with van der Waals surface area (Å²) in [6.45, 7) is 5.27. The third kappa shape index (κ3) is 3.15. The molecule has 1 amide bonds. The number of aryl methyl sites for hydroxylation is 3.